The van der Waals surface area contributed by atoms with Crippen molar-refractivity contribution in [2.75, 3.05) is 0 Å². The number of thioether (sulfide) groups is 1. The summed E-state index contributed by atoms with van der Waals surface area (Å²) in [4.78, 5) is 0. The highest BCUT2D eigenvalue weighted by molar-refractivity contribution is 8.02. The molecule has 0 aliphatic carbocycles. The molecule has 0 saturated carbocycles. The van der Waals surface area contributed by atoms with Crippen molar-refractivity contribution in [3.8, 4) is 0 Å². The van der Waals surface area contributed by atoms with Crippen molar-refractivity contribution in [2.24, 2.45) is 10.8 Å². The summed E-state index contributed by atoms with van der Waals surface area (Å²) in [5.41, 5.74) is 9.66. The Kier molecular flexibility index (Phi) is 4.80. The van der Waals surface area contributed by atoms with E-state index < -0.39 is 0 Å². The number of hydrogen-bond donors (Lipinski definition) is 2. The molecule has 1 aliphatic rings. The van der Waals surface area contributed by atoms with Crippen LogP contribution in [0.3, 0.4) is 0 Å². The second kappa shape index (κ2) is 6.36. The molecule has 0 amide bonds. The molecule has 96 valence electrons. The Balaban J connectivity index is 1.97. The lowest BCUT2D eigenvalue weighted by Gasteiger charge is -2.07. The van der Waals surface area contributed by atoms with E-state index in [4.69, 9.17) is 28.9 Å². The minimum Gasteiger partial charge on any atom is -0.386 e. The Morgan fingerprint density at radius 2 is 2.22 bits per heavy atom. The molecule has 1 aromatic rings. The van der Waals surface area contributed by atoms with Gasteiger partial charge in [-0.15, -0.1) is 11.8 Å². The third-order valence-corrected chi connectivity index (χ3v) is 4.05. The third-order valence-electron chi connectivity index (χ3n) is 2.44. The summed E-state index contributed by atoms with van der Waals surface area (Å²) in [7, 11) is 0. The minimum atomic E-state index is 0.631. The van der Waals surface area contributed by atoms with E-state index in [-0.39, 0.29) is 0 Å². The van der Waals surface area contributed by atoms with E-state index in [1.807, 2.05) is 12.1 Å². The molecule has 2 rings (SSSR count). The van der Waals surface area contributed by atoms with E-state index in [1.165, 1.54) is 0 Å². The maximum absolute atomic E-state index is 6.12. The zero-order chi connectivity index (χ0) is 13.0. The molecule has 0 unspecified atom stereocenters. The first-order valence-electron chi connectivity index (χ1n) is 5.50. The molecule has 18 heavy (non-hydrogen) atoms. The predicted molar refractivity (Wildman–Crippen MR) is 79.8 cm³/mol. The Hall–Kier alpha value is -0.840. The molecule has 1 heterocycles. The Labute approximate surface area is 120 Å². The highest BCUT2D eigenvalue weighted by Crippen LogP contribution is 2.27. The van der Waals surface area contributed by atoms with Crippen molar-refractivity contribution >= 4 is 40.8 Å². The van der Waals surface area contributed by atoms with Crippen molar-refractivity contribution in [2.45, 2.75) is 18.6 Å². The van der Waals surface area contributed by atoms with E-state index in [0.717, 1.165) is 29.2 Å². The summed E-state index contributed by atoms with van der Waals surface area (Å²) < 4.78 is 0. The SMILES string of the molecule is NC1=NNC(SCc2ccc(Cl)cc2Cl)=CCC1. The Morgan fingerprint density at radius 3 is 3.00 bits per heavy atom. The largest absolute Gasteiger partial charge is 0.386 e. The van der Waals surface area contributed by atoms with Gasteiger partial charge >= 0.3 is 0 Å². The van der Waals surface area contributed by atoms with Crippen molar-refractivity contribution in [1.29, 1.82) is 0 Å². The number of allylic oxidation sites excluding steroid dienone is 1. The number of amidine groups is 1. The van der Waals surface area contributed by atoms with E-state index >= 15 is 0 Å². The molecular formula is C12H13Cl2N3S. The molecule has 0 saturated heterocycles. The summed E-state index contributed by atoms with van der Waals surface area (Å²) in [6.45, 7) is 0. The highest BCUT2D eigenvalue weighted by atomic mass is 35.5. The number of hydrogen-bond acceptors (Lipinski definition) is 4. The fourth-order valence-electron chi connectivity index (χ4n) is 1.47. The predicted octanol–water partition coefficient (Wildman–Crippen LogP) is 3.72. The van der Waals surface area contributed by atoms with Gasteiger partial charge in [-0.25, -0.2) is 0 Å². The first-order chi connectivity index (χ1) is 8.65. The zero-order valence-electron chi connectivity index (χ0n) is 9.62. The van der Waals surface area contributed by atoms with Gasteiger partial charge in [0.05, 0.1) is 5.03 Å². The fraction of sp³-hybridized carbons (Fsp3) is 0.250. The first-order valence-corrected chi connectivity index (χ1v) is 7.24. The lowest BCUT2D eigenvalue weighted by atomic mass is 10.2. The summed E-state index contributed by atoms with van der Waals surface area (Å²) in [6.07, 6.45) is 3.79. The molecule has 0 bridgehead atoms. The van der Waals surface area contributed by atoms with E-state index in [0.29, 0.717) is 15.9 Å². The molecule has 0 radical (unpaired) electrons. The quantitative estimate of drug-likeness (QED) is 0.894. The molecule has 3 N–H and O–H groups in total. The van der Waals surface area contributed by atoms with Gasteiger partial charge in [0.15, 0.2) is 0 Å². The molecule has 3 nitrogen and oxygen atoms in total. The van der Waals surface area contributed by atoms with Gasteiger partial charge in [0, 0.05) is 22.2 Å². The number of halogens is 2. The van der Waals surface area contributed by atoms with Crippen LogP contribution in [-0.4, -0.2) is 5.84 Å². The summed E-state index contributed by atoms with van der Waals surface area (Å²) >= 11 is 13.6. The van der Waals surface area contributed by atoms with Gasteiger partial charge in [0.2, 0.25) is 0 Å². The lowest BCUT2D eigenvalue weighted by molar-refractivity contribution is 0.946. The summed E-state index contributed by atoms with van der Waals surface area (Å²) in [5, 5.41) is 6.39. The van der Waals surface area contributed by atoms with Crippen molar-refractivity contribution < 1.29 is 0 Å². The third kappa shape index (κ3) is 3.83. The van der Waals surface area contributed by atoms with Crippen molar-refractivity contribution in [3.05, 3.63) is 44.9 Å². The smallest absolute Gasteiger partial charge is 0.120 e. The second-order valence-corrected chi connectivity index (χ2v) is 5.71. The number of benzene rings is 1. The molecular weight excluding hydrogens is 289 g/mol. The van der Waals surface area contributed by atoms with Crippen LogP contribution in [0.1, 0.15) is 18.4 Å². The second-order valence-electron chi connectivity index (χ2n) is 3.85. The topological polar surface area (TPSA) is 50.4 Å². The van der Waals surface area contributed by atoms with Crippen LogP contribution in [0, 0.1) is 0 Å². The molecule has 6 heteroatoms. The maximum atomic E-state index is 6.12. The highest BCUT2D eigenvalue weighted by Gasteiger charge is 2.06. The van der Waals surface area contributed by atoms with Crippen LogP contribution in [0.15, 0.2) is 34.4 Å². The van der Waals surface area contributed by atoms with E-state index in [2.05, 4.69) is 16.6 Å². The normalized spacial score (nSPS) is 15.4. The molecule has 1 aliphatic heterocycles. The van der Waals surface area contributed by atoms with Crippen molar-refractivity contribution in [3.63, 3.8) is 0 Å². The minimum absolute atomic E-state index is 0.631. The van der Waals surface area contributed by atoms with Gasteiger partial charge in [-0.2, -0.15) is 5.10 Å². The summed E-state index contributed by atoms with van der Waals surface area (Å²) in [6, 6.07) is 5.53. The van der Waals surface area contributed by atoms with Gasteiger partial charge in [-0.3, -0.25) is 5.43 Å². The number of nitrogens with one attached hydrogen (secondary N) is 1. The number of rotatable bonds is 3. The monoisotopic (exact) mass is 301 g/mol. The van der Waals surface area contributed by atoms with Crippen LogP contribution in [0.4, 0.5) is 0 Å². The van der Waals surface area contributed by atoms with Gasteiger partial charge in [0.1, 0.15) is 5.84 Å². The Bertz CT molecular complexity index is 500. The van der Waals surface area contributed by atoms with Crippen LogP contribution in [0.25, 0.3) is 0 Å². The fourth-order valence-corrected chi connectivity index (χ4v) is 2.93. The number of nitrogens with two attached hydrogens (primary N) is 1. The number of nitrogens with zero attached hydrogens (tertiary/aromatic N) is 1. The molecule has 1 aromatic carbocycles. The van der Waals surface area contributed by atoms with Crippen LogP contribution in [0.5, 0.6) is 0 Å². The lowest BCUT2D eigenvalue weighted by Crippen LogP contribution is -2.14. The van der Waals surface area contributed by atoms with Crippen LogP contribution >= 0.6 is 35.0 Å². The summed E-state index contributed by atoms with van der Waals surface area (Å²) in [5.74, 6) is 1.40. The van der Waals surface area contributed by atoms with Gasteiger partial charge in [-0.05, 0) is 24.1 Å². The van der Waals surface area contributed by atoms with E-state index in [1.54, 1.807) is 17.8 Å². The van der Waals surface area contributed by atoms with Crippen molar-refractivity contribution in [1.82, 2.24) is 5.43 Å². The number of hydrazone groups is 1. The van der Waals surface area contributed by atoms with Crippen LogP contribution in [0.2, 0.25) is 10.0 Å². The average molecular weight is 302 g/mol. The van der Waals surface area contributed by atoms with Crippen LogP contribution < -0.4 is 11.2 Å². The van der Waals surface area contributed by atoms with Gasteiger partial charge in [0.25, 0.3) is 0 Å². The molecule has 0 fully saturated rings. The molecule has 0 atom stereocenters. The molecule has 0 spiro atoms. The van der Waals surface area contributed by atoms with Gasteiger partial charge in [-0.1, -0.05) is 35.3 Å². The average Bonchev–Trinajstić information content (AvgIpc) is 2.53. The standard InChI is InChI=1S/C12H13Cl2N3S/c13-9-5-4-8(10(14)6-9)7-18-12-3-1-2-11(15)16-17-12/h3-6,17H,1-2,7H2,(H2,15,16). The Morgan fingerprint density at radius 1 is 1.39 bits per heavy atom. The van der Waals surface area contributed by atoms with Crippen LogP contribution in [-0.2, 0) is 5.75 Å². The van der Waals surface area contributed by atoms with E-state index in [9.17, 15) is 0 Å². The van der Waals surface area contributed by atoms with Gasteiger partial charge < -0.3 is 5.73 Å². The zero-order valence-corrected chi connectivity index (χ0v) is 11.9. The maximum Gasteiger partial charge on any atom is 0.120 e. The molecule has 0 aromatic heterocycles. The first kappa shape index (κ1) is 13.6.